The summed E-state index contributed by atoms with van der Waals surface area (Å²) in [7, 11) is 1.64. The van der Waals surface area contributed by atoms with Gasteiger partial charge < -0.3 is 42.5 Å². The van der Waals surface area contributed by atoms with Crippen LogP contribution in [0.3, 0.4) is 0 Å². The molecule has 4 amide bonds. The van der Waals surface area contributed by atoms with Gasteiger partial charge >= 0.3 is 18.0 Å². The number of fused-ring (bicyclic) bond motifs is 1. The maximum atomic E-state index is 13.3. The second kappa shape index (κ2) is 12.4. The average Bonchev–Trinajstić information content (AvgIpc) is 3.51. The molecule has 0 radical (unpaired) electrons. The van der Waals surface area contributed by atoms with E-state index in [0.29, 0.717) is 24.4 Å². The third kappa shape index (κ3) is 6.25. The predicted molar refractivity (Wildman–Crippen MR) is 162 cm³/mol. The van der Waals surface area contributed by atoms with E-state index < -0.39 is 52.5 Å². The molecule has 246 valence electrons. The number of aliphatic carboxylic acids is 2. The van der Waals surface area contributed by atoms with Crippen LogP contribution in [0.5, 0.6) is 0 Å². The Hall–Kier alpha value is -4.96. The van der Waals surface area contributed by atoms with Gasteiger partial charge in [0.15, 0.2) is 23.2 Å². The third-order valence-corrected chi connectivity index (χ3v) is 9.17. The van der Waals surface area contributed by atoms with Gasteiger partial charge in [0.25, 0.3) is 11.8 Å². The number of aromatic nitrogens is 4. The molecule has 2 atom stereocenters. The highest BCUT2D eigenvalue weighted by Gasteiger charge is 2.55. The minimum absolute atomic E-state index is 0.000673. The van der Waals surface area contributed by atoms with Crippen molar-refractivity contribution in [1.29, 1.82) is 0 Å². The van der Waals surface area contributed by atoms with Crippen molar-refractivity contribution in [3.8, 4) is 0 Å². The summed E-state index contributed by atoms with van der Waals surface area (Å²) < 4.78 is 7.07. The van der Waals surface area contributed by atoms with E-state index in [0.717, 1.165) is 16.4 Å². The third-order valence-electron chi connectivity index (χ3n) is 7.29. The van der Waals surface area contributed by atoms with Crippen molar-refractivity contribution >= 4 is 75.4 Å². The number of carbonyl (C=O) groups is 5. The maximum Gasteiger partial charge on any atom is 0.352 e. The molecule has 20 nitrogen and oxygen atoms in total. The zero-order chi connectivity index (χ0) is 33.5. The summed E-state index contributed by atoms with van der Waals surface area (Å²) in [5.74, 6) is -4.20. The Balaban J connectivity index is 1.32. The second-order valence-corrected chi connectivity index (χ2v) is 12.8. The van der Waals surface area contributed by atoms with Gasteiger partial charge in [0.05, 0.1) is 13.1 Å². The zero-order valence-corrected chi connectivity index (χ0v) is 26.3. The van der Waals surface area contributed by atoms with Crippen molar-refractivity contribution in [3.05, 3.63) is 23.3 Å². The van der Waals surface area contributed by atoms with Crippen molar-refractivity contribution < 1.29 is 43.7 Å². The first-order valence-corrected chi connectivity index (χ1v) is 15.4. The lowest BCUT2D eigenvalue weighted by Gasteiger charge is -2.49. The Kier molecular flexibility index (Phi) is 8.77. The summed E-state index contributed by atoms with van der Waals surface area (Å²) >= 11 is 1.98. The zero-order valence-electron chi connectivity index (χ0n) is 24.6. The summed E-state index contributed by atoms with van der Waals surface area (Å²) in [6, 6.07) is -1.58. The van der Waals surface area contributed by atoms with E-state index in [-0.39, 0.29) is 40.8 Å². The number of thioether (sulfide) groups is 1. The molecular weight excluding hydrogens is 648 g/mol. The van der Waals surface area contributed by atoms with Crippen LogP contribution in [0.25, 0.3) is 0 Å². The molecule has 0 unspecified atom stereocenters. The standard InChI is InChI=1S/C24H30N12O8S2/c1-24(2,21(41)42)44-32-12(16-31-22(26)46-33-16)17(37)30-13-18(38)36-14(20(39)40)9(8-45-19(13)36)6-35-7-11(15(25)34(35)3)29-23(43)28-10-4-27-5-10/h7,10,13,19,25,27H,4-6,8H2,1-3H3,(H7,26,28,29,30,31,33,37,39,40,41,42,43)/p+1/b32-12+/t13-,19-/m1/s1. The van der Waals surface area contributed by atoms with Gasteiger partial charge in [-0.15, -0.1) is 21.1 Å². The van der Waals surface area contributed by atoms with Crippen LogP contribution < -0.4 is 37.4 Å². The molecule has 22 heteroatoms. The summed E-state index contributed by atoms with van der Waals surface area (Å²) in [5.41, 5.74) is 9.95. The monoisotopic (exact) mass is 679 g/mol. The van der Waals surface area contributed by atoms with Crippen molar-refractivity contribution in [2.75, 3.05) is 35.6 Å². The van der Waals surface area contributed by atoms with Crippen molar-refractivity contribution in [1.82, 2.24) is 34.9 Å². The Morgan fingerprint density at radius 3 is 2.54 bits per heavy atom. The molecule has 10 N–H and O–H groups in total. The highest BCUT2D eigenvalue weighted by Crippen LogP contribution is 2.40. The molecule has 2 aromatic heterocycles. The normalized spacial score (nSPS) is 19.9. The van der Waals surface area contributed by atoms with Crippen molar-refractivity contribution in [3.63, 3.8) is 0 Å². The van der Waals surface area contributed by atoms with Crippen molar-refractivity contribution in [2.24, 2.45) is 12.2 Å². The fourth-order valence-corrected chi connectivity index (χ4v) is 6.29. The number of carboxylic acids is 2. The van der Waals surface area contributed by atoms with E-state index in [9.17, 15) is 34.2 Å². The van der Waals surface area contributed by atoms with Crippen LogP contribution in [0, 0.1) is 0 Å². The first kappa shape index (κ1) is 32.4. The minimum atomic E-state index is -1.81. The lowest BCUT2D eigenvalue weighted by molar-refractivity contribution is -0.765. The van der Waals surface area contributed by atoms with Gasteiger partial charge in [-0.2, -0.15) is 9.36 Å². The molecule has 0 saturated carbocycles. The number of carbonyl (C=O) groups excluding carboxylic acids is 3. The Bertz CT molecular complexity index is 1680. The number of nitrogens with two attached hydrogens (primary N) is 2. The molecular formula is C24H31N12O8S2+. The Labute approximate surface area is 268 Å². The van der Waals surface area contributed by atoms with E-state index in [1.165, 1.54) is 25.6 Å². The minimum Gasteiger partial charge on any atom is -0.478 e. The van der Waals surface area contributed by atoms with Crippen LogP contribution >= 0.6 is 23.3 Å². The van der Waals surface area contributed by atoms with Crippen LogP contribution in [0.15, 0.2) is 22.6 Å². The molecule has 46 heavy (non-hydrogen) atoms. The van der Waals surface area contributed by atoms with Crippen LogP contribution in [-0.2, 0) is 37.6 Å². The molecule has 2 aromatic rings. The van der Waals surface area contributed by atoms with Gasteiger partial charge in [0.2, 0.25) is 23.3 Å². The van der Waals surface area contributed by atoms with Gasteiger partial charge in [0, 0.05) is 35.9 Å². The highest BCUT2D eigenvalue weighted by molar-refractivity contribution is 8.00. The molecule has 5 rings (SSSR count). The Morgan fingerprint density at radius 1 is 1.24 bits per heavy atom. The number of oxime groups is 1. The number of amides is 4. The van der Waals surface area contributed by atoms with Gasteiger partial charge in [-0.3, -0.25) is 19.8 Å². The molecule has 0 spiro atoms. The van der Waals surface area contributed by atoms with E-state index in [2.05, 4.69) is 35.8 Å². The maximum absolute atomic E-state index is 13.3. The topological polar surface area (TPSA) is 285 Å². The summed E-state index contributed by atoms with van der Waals surface area (Å²) in [6.07, 6.45) is 1.56. The molecule has 0 bridgehead atoms. The lowest BCUT2D eigenvalue weighted by atomic mass is 10.0. The van der Waals surface area contributed by atoms with E-state index in [1.807, 2.05) is 0 Å². The first-order chi connectivity index (χ1) is 21.7. The molecule has 3 aliphatic heterocycles. The quantitative estimate of drug-likeness (QED) is 0.0525. The number of nitrogens with zero attached hydrogens (tertiary/aromatic N) is 6. The number of β-lactam (4-membered cyclic amide) rings is 1. The van der Waals surface area contributed by atoms with Crippen molar-refractivity contribution in [2.45, 2.75) is 43.5 Å². The number of carboxylic acid groups (broad SMARTS) is 2. The molecule has 2 fully saturated rings. The molecule has 3 aliphatic rings. The predicted octanol–water partition coefficient (Wildman–Crippen LogP) is -2.56. The van der Waals surface area contributed by atoms with Crippen LogP contribution in [0.1, 0.15) is 19.7 Å². The molecule has 0 aliphatic carbocycles. The largest absolute Gasteiger partial charge is 0.478 e. The number of nitrogens with one attached hydrogen (secondary N) is 4. The van der Waals surface area contributed by atoms with E-state index in [1.54, 1.807) is 22.6 Å². The second-order valence-electron chi connectivity index (χ2n) is 10.9. The highest BCUT2D eigenvalue weighted by atomic mass is 32.2. The Morgan fingerprint density at radius 2 is 1.96 bits per heavy atom. The van der Waals surface area contributed by atoms with E-state index >= 15 is 0 Å². The molecule has 0 aromatic carbocycles. The van der Waals surface area contributed by atoms with E-state index in [4.69, 9.17) is 16.3 Å². The summed E-state index contributed by atoms with van der Waals surface area (Å²) in [4.78, 5) is 72.8. The van der Waals surface area contributed by atoms with Gasteiger partial charge in [-0.1, -0.05) is 5.16 Å². The molecule has 2 saturated heterocycles. The smallest absolute Gasteiger partial charge is 0.352 e. The fraction of sp³-hybridized carbons (Fsp3) is 0.458. The lowest BCUT2D eigenvalue weighted by Crippen LogP contribution is -2.71. The number of rotatable bonds is 11. The first-order valence-electron chi connectivity index (χ1n) is 13.6. The van der Waals surface area contributed by atoms with Crippen LogP contribution in [0.2, 0.25) is 0 Å². The SMILES string of the molecule is Cn1c(N)c(NC(=O)NC2CNC2)c[n+]1CC1=C(C(=O)O)N2C(=O)[C@@H](NC(=O)/C(=N/OC(C)(C)C(=O)O)c3nsc(N)n3)[C@H]2SC1. The van der Waals surface area contributed by atoms with Gasteiger partial charge in [-0.05, 0) is 13.8 Å². The molecule has 5 heterocycles. The number of hydrogen-bond acceptors (Lipinski definition) is 14. The van der Waals surface area contributed by atoms with Crippen LogP contribution in [-0.4, -0.2) is 107 Å². The van der Waals surface area contributed by atoms with Crippen LogP contribution in [0.4, 0.5) is 21.4 Å². The number of anilines is 3. The number of nitrogen functional groups attached to an aromatic ring is 2. The number of urea groups is 1. The van der Waals surface area contributed by atoms with Gasteiger partial charge in [0.1, 0.15) is 17.1 Å². The number of hydrogen-bond donors (Lipinski definition) is 8. The summed E-state index contributed by atoms with van der Waals surface area (Å²) in [5, 5.41) is 33.4. The van der Waals surface area contributed by atoms with Gasteiger partial charge in [-0.25, -0.2) is 14.4 Å². The summed E-state index contributed by atoms with van der Waals surface area (Å²) in [6.45, 7) is 3.78. The fourth-order valence-electron chi connectivity index (χ4n) is 4.52. The average molecular weight is 680 g/mol.